The van der Waals surface area contributed by atoms with Crippen LogP contribution in [0.2, 0.25) is 5.02 Å². The van der Waals surface area contributed by atoms with Gasteiger partial charge in [0, 0.05) is 30.4 Å². The molecule has 1 heterocycles. The first-order valence-electron chi connectivity index (χ1n) is 12.4. The quantitative estimate of drug-likeness (QED) is 0.456. The molecular weight excluding hydrogens is 545 g/mol. The number of benzene rings is 1. The summed E-state index contributed by atoms with van der Waals surface area (Å²) >= 11 is 6.63. The number of aryl methyl sites for hydroxylation is 1. The van der Waals surface area contributed by atoms with Crippen LogP contribution in [-0.2, 0) is 22.8 Å². The number of carbonyl (C=O) groups is 1. The topological polar surface area (TPSA) is 116 Å². The van der Waals surface area contributed by atoms with Gasteiger partial charge in [-0.1, -0.05) is 24.6 Å². The van der Waals surface area contributed by atoms with Gasteiger partial charge in [0.15, 0.2) is 5.69 Å². The fraction of sp³-hybridized carbons (Fsp3) is 0.600. The Hall–Kier alpha value is -2.31. The second kappa shape index (κ2) is 11.4. The van der Waals surface area contributed by atoms with Crippen molar-refractivity contribution in [2.24, 2.45) is 11.7 Å². The number of rotatable bonds is 9. The number of amides is 1. The van der Waals surface area contributed by atoms with Crippen LogP contribution in [0.3, 0.4) is 0 Å². The summed E-state index contributed by atoms with van der Waals surface area (Å²) in [5, 5.41) is 6.79. The molecule has 13 heteroatoms. The number of hydrogen-bond donors (Lipinski definition) is 2. The van der Waals surface area contributed by atoms with Gasteiger partial charge in [0.25, 0.3) is 5.91 Å². The van der Waals surface area contributed by atoms with Gasteiger partial charge < -0.3 is 15.8 Å². The minimum atomic E-state index is -4.31. The summed E-state index contributed by atoms with van der Waals surface area (Å²) in [6.45, 7) is 3.43. The molecule has 1 fully saturated rings. The second-order valence-corrected chi connectivity index (χ2v) is 12.8. The molecule has 1 atom stereocenters. The predicted octanol–water partition coefficient (Wildman–Crippen LogP) is 4.39. The summed E-state index contributed by atoms with van der Waals surface area (Å²) in [7, 11) is -1.74. The van der Waals surface area contributed by atoms with Crippen molar-refractivity contribution in [1.29, 1.82) is 0 Å². The molecule has 1 amide bonds. The maximum Gasteiger partial charge on any atom is 0.391 e. The molecule has 3 rings (SSSR count). The summed E-state index contributed by atoms with van der Waals surface area (Å²) in [5.74, 6) is -1.75. The van der Waals surface area contributed by atoms with E-state index < -0.39 is 38.6 Å². The minimum Gasteiger partial charge on any atom is -0.496 e. The Morgan fingerprint density at radius 1 is 1.34 bits per heavy atom. The summed E-state index contributed by atoms with van der Waals surface area (Å²) in [6.07, 6.45) is -1.55. The van der Waals surface area contributed by atoms with Gasteiger partial charge in [-0.3, -0.25) is 9.48 Å². The minimum absolute atomic E-state index is 0.0197. The van der Waals surface area contributed by atoms with Crippen LogP contribution in [0.25, 0.3) is 11.3 Å². The molecule has 0 radical (unpaired) electrons. The number of carbonyl (C=O) groups excluding carboxylic acids is 1. The van der Waals surface area contributed by atoms with E-state index in [1.165, 1.54) is 24.1 Å². The third-order valence-electron chi connectivity index (χ3n) is 7.17. The van der Waals surface area contributed by atoms with Gasteiger partial charge in [0.2, 0.25) is 0 Å². The lowest BCUT2D eigenvalue weighted by atomic mass is 9.82. The number of nitrogens with two attached hydrogens (primary N) is 1. The van der Waals surface area contributed by atoms with E-state index in [4.69, 9.17) is 22.1 Å². The van der Waals surface area contributed by atoms with Crippen molar-refractivity contribution < 1.29 is 31.1 Å². The molecular formula is C25H34ClF3N4O4S. The SMILES string of the molecule is CCn1nc(C(=O)NCC2(N)CCC(S(C)(=O)=O)CC2)c(Cl)c1-c1ccc(CC(C)C(F)(F)F)cc1OC. The maximum atomic E-state index is 13.1. The van der Waals surface area contributed by atoms with Gasteiger partial charge in [-0.2, -0.15) is 18.3 Å². The number of halogens is 4. The van der Waals surface area contributed by atoms with Crippen molar-refractivity contribution >= 4 is 27.3 Å². The lowest BCUT2D eigenvalue weighted by molar-refractivity contribution is -0.169. The van der Waals surface area contributed by atoms with Crippen LogP contribution in [0.15, 0.2) is 18.2 Å². The Labute approximate surface area is 226 Å². The molecule has 1 aromatic heterocycles. The Kier molecular flexibility index (Phi) is 9.09. The molecule has 1 saturated carbocycles. The molecule has 0 bridgehead atoms. The van der Waals surface area contributed by atoms with E-state index >= 15 is 0 Å². The Morgan fingerprint density at radius 3 is 2.50 bits per heavy atom. The van der Waals surface area contributed by atoms with Crippen molar-refractivity contribution in [3.63, 3.8) is 0 Å². The van der Waals surface area contributed by atoms with Crippen molar-refractivity contribution in [2.75, 3.05) is 19.9 Å². The van der Waals surface area contributed by atoms with Crippen LogP contribution < -0.4 is 15.8 Å². The fourth-order valence-corrected chi connectivity index (χ4v) is 6.12. The Bertz CT molecular complexity index is 1270. The first-order chi connectivity index (χ1) is 17.6. The van der Waals surface area contributed by atoms with Crippen LogP contribution in [0.1, 0.15) is 55.6 Å². The first-order valence-corrected chi connectivity index (χ1v) is 14.7. The Balaban J connectivity index is 1.81. The lowest BCUT2D eigenvalue weighted by Crippen LogP contribution is -2.53. The molecule has 8 nitrogen and oxygen atoms in total. The monoisotopic (exact) mass is 578 g/mol. The van der Waals surface area contributed by atoms with E-state index in [0.29, 0.717) is 54.8 Å². The number of methoxy groups -OCH3 is 1. The number of ether oxygens (including phenoxy) is 1. The number of hydrogen-bond acceptors (Lipinski definition) is 6. The number of nitrogens with zero attached hydrogens (tertiary/aromatic N) is 2. The van der Waals surface area contributed by atoms with Gasteiger partial charge in [-0.15, -0.1) is 0 Å². The van der Waals surface area contributed by atoms with Gasteiger partial charge in [0.1, 0.15) is 15.6 Å². The highest BCUT2D eigenvalue weighted by Gasteiger charge is 2.37. The highest BCUT2D eigenvalue weighted by Crippen LogP contribution is 2.39. The molecule has 0 spiro atoms. The maximum absolute atomic E-state index is 13.1. The molecule has 2 aromatic rings. The molecule has 0 saturated heterocycles. The zero-order valence-corrected chi connectivity index (χ0v) is 23.4. The Morgan fingerprint density at radius 2 is 1.97 bits per heavy atom. The molecule has 1 aliphatic carbocycles. The number of alkyl halides is 3. The smallest absolute Gasteiger partial charge is 0.391 e. The molecule has 0 aliphatic heterocycles. The summed E-state index contributed by atoms with van der Waals surface area (Å²) in [4.78, 5) is 13.1. The molecule has 38 heavy (non-hydrogen) atoms. The average Bonchev–Trinajstić information content (AvgIpc) is 3.17. The van der Waals surface area contributed by atoms with Gasteiger partial charge in [0.05, 0.1) is 29.0 Å². The van der Waals surface area contributed by atoms with Crippen LogP contribution in [0, 0.1) is 5.92 Å². The van der Waals surface area contributed by atoms with Gasteiger partial charge in [-0.05, 0) is 56.7 Å². The summed E-state index contributed by atoms with van der Waals surface area (Å²) in [5.41, 5.74) is 7.02. The van der Waals surface area contributed by atoms with E-state index in [1.54, 1.807) is 12.1 Å². The van der Waals surface area contributed by atoms with Crippen molar-refractivity contribution in [1.82, 2.24) is 15.1 Å². The first kappa shape index (κ1) is 30.2. The lowest BCUT2D eigenvalue weighted by Gasteiger charge is -2.36. The number of sulfone groups is 1. The summed E-state index contributed by atoms with van der Waals surface area (Å²) < 4.78 is 69.7. The average molecular weight is 579 g/mol. The van der Waals surface area contributed by atoms with Crippen LogP contribution in [0.5, 0.6) is 5.75 Å². The van der Waals surface area contributed by atoms with E-state index in [1.807, 2.05) is 6.92 Å². The normalized spacial score (nSPS) is 21.2. The molecule has 1 unspecified atom stereocenters. The fourth-order valence-electron chi connectivity index (χ4n) is 4.71. The van der Waals surface area contributed by atoms with Crippen molar-refractivity contribution in [2.45, 2.75) is 69.5 Å². The largest absolute Gasteiger partial charge is 0.496 e. The van der Waals surface area contributed by atoms with Crippen LogP contribution in [0.4, 0.5) is 13.2 Å². The van der Waals surface area contributed by atoms with Gasteiger partial charge in [-0.25, -0.2) is 8.42 Å². The third kappa shape index (κ3) is 6.81. The van der Waals surface area contributed by atoms with E-state index in [-0.39, 0.29) is 23.7 Å². The standard InChI is InChI=1S/C25H34ClF3N4O4S/c1-5-33-22(18-7-6-16(13-19(18)37-3)12-15(2)25(27,28)29)20(26)21(32-33)23(34)31-14-24(30)10-8-17(9-11-24)38(4,35)36/h6-7,13,15,17H,5,8-12,14,30H2,1-4H3,(H,31,34). The van der Waals surface area contributed by atoms with Crippen LogP contribution >= 0.6 is 11.6 Å². The predicted molar refractivity (Wildman–Crippen MR) is 140 cm³/mol. The molecule has 3 N–H and O–H groups in total. The highest BCUT2D eigenvalue weighted by molar-refractivity contribution is 7.91. The molecule has 1 aliphatic rings. The highest BCUT2D eigenvalue weighted by atomic mass is 35.5. The van der Waals surface area contributed by atoms with E-state index in [2.05, 4.69) is 10.4 Å². The number of nitrogens with one attached hydrogen (secondary N) is 1. The summed E-state index contributed by atoms with van der Waals surface area (Å²) in [6, 6.07) is 4.73. The second-order valence-electron chi connectivity index (χ2n) is 10.1. The van der Waals surface area contributed by atoms with Crippen molar-refractivity contribution in [3.8, 4) is 17.0 Å². The van der Waals surface area contributed by atoms with E-state index in [9.17, 15) is 26.4 Å². The third-order valence-corrected chi connectivity index (χ3v) is 9.21. The zero-order valence-electron chi connectivity index (χ0n) is 21.9. The molecule has 1 aromatic carbocycles. The zero-order chi connectivity index (χ0) is 28.5. The van der Waals surface area contributed by atoms with Gasteiger partial charge >= 0.3 is 6.18 Å². The van der Waals surface area contributed by atoms with Crippen molar-refractivity contribution in [3.05, 3.63) is 34.5 Å². The number of aromatic nitrogens is 2. The van der Waals surface area contributed by atoms with Crippen LogP contribution in [-0.4, -0.2) is 61.0 Å². The van der Waals surface area contributed by atoms with E-state index in [0.717, 1.165) is 6.92 Å². The molecule has 212 valence electrons.